The number of fused-ring (bicyclic) bond motifs is 2. The highest BCUT2D eigenvalue weighted by molar-refractivity contribution is 5.92. The zero-order valence-corrected chi connectivity index (χ0v) is 23.6. The molecule has 2 aliphatic rings. The molecule has 2 fully saturated rings. The number of ether oxygens (including phenoxy) is 1. The average Bonchev–Trinajstić information content (AvgIpc) is 3.82. The lowest BCUT2D eigenvalue weighted by molar-refractivity contribution is 0.0697. The van der Waals surface area contributed by atoms with E-state index in [2.05, 4.69) is 19.8 Å². The summed E-state index contributed by atoms with van der Waals surface area (Å²) in [5, 5.41) is 18.5. The number of benzene rings is 2. The van der Waals surface area contributed by atoms with Gasteiger partial charge < -0.3 is 23.7 Å². The van der Waals surface area contributed by atoms with E-state index in [1.807, 2.05) is 22.8 Å². The number of nitrogens with zero attached hydrogens (tertiary/aromatic N) is 7. The van der Waals surface area contributed by atoms with Gasteiger partial charge in [0.1, 0.15) is 36.9 Å². The van der Waals surface area contributed by atoms with Gasteiger partial charge in [0.15, 0.2) is 0 Å². The number of anilines is 1. The van der Waals surface area contributed by atoms with Crippen molar-refractivity contribution in [2.24, 2.45) is 11.8 Å². The van der Waals surface area contributed by atoms with Gasteiger partial charge in [0.25, 0.3) is 0 Å². The first-order chi connectivity index (χ1) is 21.4. The molecule has 2 atom stereocenters. The fourth-order valence-electron chi connectivity index (χ4n) is 6.22. The van der Waals surface area contributed by atoms with Crippen LogP contribution < -0.4 is 9.64 Å². The number of halogens is 1. The van der Waals surface area contributed by atoms with Crippen LogP contribution in [0.15, 0.2) is 71.5 Å². The molecule has 0 bridgehead atoms. The van der Waals surface area contributed by atoms with Crippen LogP contribution in [0.5, 0.6) is 5.88 Å². The van der Waals surface area contributed by atoms with Gasteiger partial charge in [-0.05, 0) is 48.2 Å². The number of hydrogen-bond acceptors (Lipinski definition) is 9. The summed E-state index contributed by atoms with van der Waals surface area (Å²) in [6.45, 7) is 4.52. The van der Waals surface area contributed by atoms with E-state index in [9.17, 15) is 14.3 Å². The lowest BCUT2D eigenvalue weighted by Gasteiger charge is -2.22. The monoisotopic (exact) mass is 593 g/mol. The quantitative estimate of drug-likeness (QED) is 0.263. The van der Waals surface area contributed by atoms with E-state index in [0.29, 0.717) is 42.3 Å². The molecule has 2 unspecified atom stereocenters. The maximum absolute atomic E-state index is 14.3. The van der Waals surface area contributed by atoms with Gasteiger partial charge in [-0.1, -0.05) is 12.1 Å². The molecule has 3 aromatic heterocycles. The van der Waals surface area contributed by atoms with Gasteiger partial charge in [-0.3, -0.25) is 4.90 Å². The van der Waals surface area contributed by atoms with Crippen LogP contribution in [-0.2, 0) is 19.7 Å². The standard InChI is InChI=1S/C32H28FN7O4/c33-25-10-20(12-34)4-5-22(25)19-44-30-3-1-2-28(37-30)39-15-23-13-38(14-24(23)16-39)17-29-36-26-7-6-21(32(41)42)11-27(26)40(29)18-31-35-8-9-43-31/h1-11,23-24H,13-19H2,(H,41,42). The molecule has 0 saturated carbocycles. The number of aromatic carboxylic acids is 1. The molecule has 44 heavy (non-hydrogen) atoms. The topological polar surface area (TPSA) is 134 Å². The molecule has 1 N–H and O–H groups in total. The number of aromatic nitrogens is 4. The van der Waals surface area contributed by atoms with Gasteiger partial charge in [-0.2, -0.15) is 10.2 Å². The molecule has 5 heterocycles. The summed E-state index contributed by atoms with van der Waals surface area (Å²) in [4.78, 5) is 30.1. The molecule has 222 valence electrons. The van der Waals surface area contributed by atoms with Crippen LogP contribution in [0.25, 0.3) is 11.0 Å². The van der Waals surface area contributed by atoms with Crippen molar-refractivity contribution in [1.82, 2.24) is 24.4 Å². The second-order valence-electron chi connectivity index (χ2n) is 11.2. The number of carboxylic acid groups (broad SMARTS) is 1. The molecule has 2 saturated heterocycles. The predicted molar refractivity (Wildman–Crippen MR) is 156 cm³/mol. The number of carbonyl (C=O) groups is 1. The van der Waals surface area contributed by atoms with Crippen LogP contribution >= 0.6 is 0 Å². The van der Waals surface area contributed by atoms with Gasteiger partial charge >= 0.3 is 5.97 Å². The number of carboxylic acids is 1. The third-order valence-electron chi connectivity index (χ3n) is 8.37. The van der Waals surface area contributed by atoms with Crippen LogP contribution in [0, 0.1) is 29.0 Å². The van der Waals surface area contributed by atoms with Crippen molar-refractivity contribution in [1.29, 1.82) is 5.26 Å². The summed E-state index contributed by atoms with van der Waals surface area (Å²) in [6.07, 6.45) is 3.12. The fourth-order valence-corrected chi connectivity index (χ4v) is 6.22. The minimum Gasteiger partial charge on any atom is -0.478 e. The van der Waals surface area contributed by atoms with Crippen molar-refractivity contribution in [3.63, 3.8) is 0 Å². The van der Waals surface area contributed by atoms with E-state index in [4.69, 9.17) is 19.4 Å². The van der Waals surface area contributed by atoms with E-state index in [1.165, 1.54) is 12.3 Å². The number of rotatable bonds is 9. The Balaban J connectivity index is 1.01. The van der Waals surface area contributed by atoms with Crippen molar-refractivity contribution in [3.8, 4) is 11.9 Å². The lowest BCUT2D eigenvalue weighted by Crippen LogP contribution is -2.30. The molecule has 5 aromatic rings. The van der Waals surface area contributed by atoms with Crippen LogP contribution in [-0.4, -0.2) is 61.7 Å². The lowest BCUT2D eigenvalue weighted by atomic mass is 10.0. The minimum atomic E-state index is -0.985. The smallest absolute Gasteiger partial charge is 0.335 e. The molecular formula is C32H28FN7O4. The Labute approximate surface area is 251 Å². The summed E-state index contributed by atoms with van der Waals surface area (Å²) in [5.41, 5.74) is 2.31. The van der Waals surface area contributed by atoms with Gasteiger partial charge in [-0.25, -0.2) is 19.2 Å². The number of pyridine rings is 1. The molecule has 2 aromatic carbocycles. The first-order valence-corrected chi connectivity index (χ1v) is 14.3. The van der Waals surface area contributed by atoms with Crippen molar-refractivity contribution < 1.29 is 23.4 Å². The predicted octanol–water partition coefficient (Wildman–Crippen LogP) is 4.32. The highest BCUT2D eigenvalue weighted by Crippen LogP contribution is 2.35. The molecule has 12 heteroatoms. The first kappa shape index (κ1) is 27.5. The van der Waals surface area contributed by atoms with Crippen molar-refractivity contribution >= 4 is 22.8 Å². The normalized spacial score (nSPS) is 18.0. The van der Waals surface area contributed by atoms with Gasteiger partial charge in [0.2, 0.25) is 11.8 Å². The Kier molecular flexibility index (Phi) is 7.15. The van der Waals surface area contributed by atoms with Crippen LogP contribution in [0.4, 0.5) is 10.2 Å². The third kappa shape index (κ3) is 5.45. The number of hydrogen-bond donors (Lipinski definition) is 1. The van der Waals surface area contributed by atoms with E-state index in [0.717, 1.165) is 48.9 Å². The van der Waals surface area contributed by atoms with Gasteiger partial charge in [0.05, 0.1) is 41.0 Å². The molecule has 0 amide bonds. The van der Waals surface area contributed by atoms with Crippen molar-refractivity contribution in [3.05, 3.63) is 101 Å². The zero-order chi connectivity index (χ0) is 30.2. The highest BCUT2D eigenvalue weighted by atomic mass is 19.1. The van der Waals surface area contributed by atoms with Crippen LogP contribution in [0.3, 0.4) is 0 Å². The highest BCUT2D eigenvalue weighted by Gasteiger charge is 2.40. The van der Waals surface area contributed by atoms with E-state index < -0.39 is 11.8 Å². The Morgan fingerprint density at radius 1 is 1.07 bits per heavy atom. The average molecular weight is 594 g/mol. The Hall–Kier alpha value is -5.28. The summed E-state index contributed by atoms with van der Waals surface area (Å²) in [6, 6.07) is 16.8. The summed E-state index contributed by atoms with van der Waals surface area (Å²) >= 11 is 0. The molecule has 0 aliphatic carbocycles. The van der Waals surface area contributed by atoms with Crippen molar-refractivity contribution in [2.45, 2.75) is 19.7 Å². The van der Waals surface area contributed by atoms with Crippen LogP contribution in [0.1, 0.15) is 33.2 Å². The van der Waals surface area contributed by atoms with Crippen molar-refractivity contribution in [2.75, 3.05) is 31.1 Å². The molecular weight excluding hydrogens is 565 g/mol. The largest absolute Gasteiger partial charge is 0.478 e. The molecule has 11 nitrogen and oxygen atoms in total. The molecule has 0 spiro atoms. The second kappa shape index (κ2) is 11.4. The molecule has 0 radical (unpaired) electrons. The first-order valence-electron chi connectivity index (χ1n) is 14.3. The van der Waals surface area contributed by atoms with E-state index in [-0.39, 0.29) is 17.7 Å². The SMILES string of the molecule is N#Cc1ccc(COc2cccc(N3CC4CN(Cc5nc6ccc(C(=O)O)cc6n5Cc5ncco5)CC4C3)n2)c(F)c1. The number of imidazole rings is 1. The van der Waals surface area contributed by atoms with Crippen LogP contribution in [0.2, 0.25) is 0 Å². The van der Waals surface area contributed by atoms with E-state index >= 15 is 0 Å². The molecule has 2 aliphatic heterocycles. The third-order valence-corrected chi connectivity index (χ3v) is 8.37. The minimum absolute atomic E-state index is 0.0204. The van der Waals surface area contributed by atoms with E-state index in [1.54, 1.807) is 42.6 Å². The summed E-state index contributed by atoms with van der Waals surface area (Å²) in [7, 11) is 0. The maximum atomic E-state index is 14.3. The van der Waals surface area contributed by atoms with Gasteiger partial charge in [0, 0.05) is 37.8 Å². The number of oxazole rings is 1. The zero-order valence-electron chi connectivity index (χ0n) is 23.6. The summed E-state index contributed by atoms with van der Waals surface area (Å²) in [5.74, 6) is 2.06. The maximum Gasteiger partial charge on any atom is 0.335 e. The Morgan fingerprint density at radius 3 is 2.64 bits per heavy atom. The fraction of sp³-hybridized carbons (Fsp3) is 0.281. The molecule has 7 rings (SSSR count). The number of nitriles is 1. The number of likely N-dealkylation sites (tertiary alicyclic amines) is 1. The Bertz CT molecular complexity index is 1870. The Morgan fingerprint density at radius 2 is 1.91 bits per heavy atom. The summed E-state index contributed by atoms with van der Waals surface area (Å²) < 4.78 is 27.6. The second-order valence-corrected chi connectivity index (χ2v) is 11.2. The van der Waals surface area contributed by atoms with Gasteiger partial charge in [-0.15, -0.1) is 0 Å².